The number of rotatable bonds is 6. The Bertz CT molecular complexity index is 922. The summed E-state index contributed by atoms with van der Waals surface area (Å²) in [6.07, 6.45) is 4.62. The van der Waals surface area contributed by atoms with E-state index in [1.54, 1.807) is 18.3 Å². The molecule has 3 N–H and O–H groups in total. The van der Waals surface area contributed by atoms with Crippen molar-refractivity contribution >= 4 is 40.0 Å². The van der Waals surface area contributed by atoms with Crippen LogP contribution in [0.15, 0.2) is 42.6 Å². The van der Waals surface area contributed by atoms with Gasteiger partial charge < -0.3 is 10.4 Å². The number of imide groups is 1. The highest BCUT2D eigenvalue weighted by Gasteiger charge is 2.27. The van der Waals surface area contributed by atoms with Crippen LogP contribution in [0.2, 0.25) is 0 Å². The van der Waals surface area contributed by atoms with E-state index in [-0.39, 0.29) is 5.91 Å². The Labute approximate surface area is 172 Å². The number of amides is 2. The number of aromatic hydroxyl groups is 1. The van der Waals surface area contributed by atoms with Crippen molar-refractivity contribution < 1.29 is 14.7 Å². The van der Waals surface area contributed by atoms with Crippen LogP contribution < -0.4 is 10.6 Å². The number of hydrogen-bond donors (Lipinski definition) is 3. The number of unbranched alkanes of at least 4 members (excludes halogenated alkanes) is 1. The van der Waals surface area contributed by atoms with Gasteiger partial charge >= 0.3 is 0 Å². The number of halogens is 1. The van der Waals surface area contributed by atoms with E-state index in [4.69, 9.17) is 0 Å². The quantitative estimate of drug-likeness (QED) is 0.337. The number of aryl methyl sites for hydroxylation is 1. The first-order chi connectivity index (χ1) is 13.0. The molecule has 0 saturated heterocycles. The molecule has 0 aliphatic carbocycles. The van der Waals surface area contributed by atoms with Crippen LogP contribution in [-0.2, 0) is 17.8 Å². The summed E-state index contributed by atoms with van der Waals surface area (Å²) >= 11 is 2.15. The van der Waals surface area contributed by atoms with E-state index in [0.29, 0.717) is 29.0 Å². The van der Waals surface area contributed by atoms with Crippen molar-refractivity contribution in [1.29, 1.82) is 0 Å². The fraction of sp³-hybridized carbons (Fsp3) is 0.238. The smallest absolute Gasteiger partial charge is 0.260 e. The van der Waals surface area contributed by atoms with Crippen molar-refractivity contribution in [3.63, 3.8) is 0 Å². The summed E-state index contributed by atoms with van der Waals surface area (Å²) in [5.74, 6) is -0.493. The summed E-state index contributed by atoms with van der Waals surface area (Å²) in [5.41, 5.74) is 3.40. The number of fused-ring (bicyclic) bond motifs is 1. The van der Waals surface area contributed by atoms with E-state index in [1.807, 2.05) is 24.3 Å². The van der Waals surface area contributed by atoms with Crippen LogP contribution in [0.25, 0.3) is 5.57 Å². The highest BCUT2D eigenvalue weighted by molar-refractivity contribution is 14.1. The van der Waals surface area contributed by atoms with E-state index in [9.17, 15) is 14.7 Å². The van der Waals surface area contributed by atoms with E-state index < -0.39 is 5.91 Å². The van der Waals surface area contributed by atoms with Gasteiger partial charge in [0.15, 0.2) is 0 Å². The van der Waals surface area contributed by atoms with E-state index in [2.05, 4.69) is 40.1 Å². The van der Waals surface area contributed by atoms with Gasteiger partial charge in [0.25, 0.3) is 11.8 Å². The van der Waals surface area contributed by atoms with Crippen LogP contribution >= 0.6 is 22.6 Å². The van der Waals surface area contributed by atoms with Crippen LogP contribution in [0.3, 0.4) is 0 Å². The number of benzene rings is 2. The maximum absolute atomic E-state index is 12.2. The SMILES string of the molecule is CCCCc1ccc(CNC=C2C(=O)NC(=O)c3ccc(I)cc32)cc1O. The second-order valence-corrected chi connectivity index (χ2v) is 7.72. The zero-order chi connectivity index (χ0) is 19.4. The lowest BCUT2D eigenvalue weighted by atomic mass is 9.95. The van der Waals surface area contributed by atoms with Gasteiger partial charge in [-0.1, -0.05) is 25.5 Å². The molecule has 0 unspecified atom stereocenters. The summed E-state index contributed by atoms with van der Waals surface area (Å²) in [7, 11) is 0. The molecule has 0 aromatic heterocycles. The molecule has 0 spiro atoms. The Kier molecular flexibility index (Phi) is 6.15. The molecule has 3 rings (SSSR count). The summed E-state index contributed by atoms with van der Waals surface area (Å²) < 4.78 is 0.951. The molecule has 2 amide bonds. The summed E-state index contributed by atoms with van der Waals surface area (Å²) in [6, 6.07) is 11.0. The van der Waals surface area contributed by atoms with Gasteiger partial charge in [-0.25, -0.2) is 0 Å². The number of carbonyl (C=O) groups is 2. The van der Waals surface area contributed by atoms with Crippen LogP contribution in [0.5, 0.6) is 5.75 Å². The summed E-state index contributed by atoms with van der Waals surface area (Å²) in [5, 5.41) is 15.6. The van der Waals surface area contributed by atoms with Crippen LogP contribution in [-0.4, -0.2) is 16.9 Å². The molecular weight excluding hydrogens is 455 g/mol. The molecule has 1 aliphatic rings. The first-order valence-electron chi connectivity index (χ1n) is 8.89. The first-order valence-corrected chi connectivity index (χ1v) is 9.97. The lowest BCUT2D eigenvalue weighted by Crippen LogP contribution is -2.37. The third-order valence-corrected chi connectivity index (χ3v) is 5.16. The predicted molar refractivity (Wildman–Crippen MR) is 113 cm³/mol. The average molecular weight is 476 g/mol. The molecule has 0 atom stereocenters. The van der Waals surface area contributed by atoms with Gasteiger partial charge in [-0.2, -0.15) is 0 Å². The van der Waals surface area contributed by atoms with Crippen molar-refractivity contribution in [1.82, 2.24) is 10.6 Å². The minimum atomic E-state index is -0.417. The van der Waals surface area contributed by atoms with Crippen LogP contribution in [0, 0.1) is 3.57 Å². The molecule has 0 saturated carbocycles. The zero-order valence-corrected chi connectivity index (χ0v) is 17.2. The third-order valence-electron chi connectivity index (χ3n) is 4.49. The zero-order valence-electron chi connectivity index (χ0n) is 15.0. The van der Waals surface area contributed by atoms with Crippen molar-refractivity contribution in [3.8, 4) is 5.75 Å². The Morgan fingerprint density at radius 2 is 1.93 bits per heavy atom. The number of hydrogen-bond acceptors (Lipinski definition) is 4. The highest BCUT2D eigenvalue weighted by atomic mass is 127. The minimum Gasteiger partial charge on any atom is -0.508 e. The van der Waals surface area contributed by atoms with Crippen molar-refractivity contribution in [3.05, 3.63) is 68.4 Å². The second kappa shape index (κ2) is 8.56. The maximum Gasteiger partial charge on any atom is 0.260 e. The fourth-order valence-electron chi connectivity index (χ4n) is 3.01. The largest absolute Gasteiger partial charge is 0.508 e. The highest BCUT2D eigenvalue weighted by Crippen LogP contribution is 2.26. The first kappa shape index (κ1) is 19.4. The molecule has 5 nitrogen and oxygen atoms in total. The lowest BCUT2D eigenvalue weighted by molar-refractivity contribution is -0.114. The second-order valence-electron chi connectivity index (χ2n) is 6.48. The predicted octanol–water partition coefficient (Wildman–Crippen LogP) is 3.74. The topological polar surface area (TPSA) is 78.4 Å². The van der Waals surface area contributed by atoms with E-state index >= 15 is 0 Å². The molecule has 0 fully saturated rings. The van der Waals surface area contributed by atoms with Gasteiger partial charge in [-0.05, 0) is 70.8 Å². The molecule has 0 bridgehead atoms. The summed E-state index contributed by atoms with van der Waals surface area (Å²) in [4.78, 5) is 24.2. The fourth-order valence-corrected chi connectivity index (χ4v) is 3.50. The lowest BCUT2D eigenvalue weighted by Gasteiger charge is -2.18. The molecule has 27 heavy (non-hydrogen) atoms. The van der Waals surface area contributed by atoms with E-state index in [1.165, 1.54) is 0 Å². The van der Waals surface area contributed by atoms with Gasteiger partial charge in [0, 0.05) is 27.4 Å². The van der Waals surface area contributed by atoms with Crippen LogP contribution in [0.4, 0.5) is 0 Å². The monoisotopic (exact) mass is 476 g/mol. The summed E-state index contributed by atoms with van der Waals surface area (Å²) in [6.45, 7) is 2.59. The molecule has 1 aliphatic heterocycles. The normalized spacial score (nSPS) is 14.8. The van der Waals surface area contributed by atoms with Crippen molar-refractivity contribution in [2.75, 3.05) is 0 Å². The molecule has 140 valence electrons. The average Bonchev–Trinajstić information content (AvgIpc) is 2.63. The minimum absolute atomic E-state index is 0.302. The number of nitrogens with one attached hydrogen (secondary N) is 2. The van der Waals surface area contributed by atoms with Gasteiger partial charge in [0.2, 0.25) is 0 Å². The Morgan fingerprint density at radius 3 is 2.67 bits per heavy atom. The number of phenols is 1. The van der Waals surface area contributed by atoms with Gasteiger partial charge in [-0.3, -0.25) is 14.9 Å². The molecule has 2 aromatic rings. The van der Waals surface area contributed by atoms with E-state index in [0.717, 1.165) is 34.0 Å². The molecule has 1 heterocycles. The number of carbonyl (C=O) groups excluding carboxylic acids is 2. The van der Waals surface area contributed by atoms with Crippen molar-refractivity contribution in [2.24, 2.45) is 0 Å². The molecule has 2 aromatic carbocycles. The third kappa shape index (κ3) is 4.50. The van der Waals surface area contributed by atoms with Crippen molar-refractivity contribution in [2.45, 2.75) is 32.7 Å². The van der Waals surface area contributed by atoms with Crippen LogP contribution in [0.1, 0.15) is 46.8 Å². The maximum atomic E-state index is 12.2. The molecule has 0 radical (unpaired) electrons. The molecule has 6 heteroatoms. The van der Waals surface area contributed by atoms with Gasteiger partial charge in [-0.15, -0.1) is 0 Å². The standard InChI is InChI=1S/C21H21IN2O3/c1-2-3-4-14-6-5-13(9-19(14)25)11-23-12-18-17-10-15(22)7-8-16(17)20(26)24-21(18)27/h5-10,12,23,25H,2-4,11H2,1H3,(H,24,26,27). The Balaban J connectivity index is 1.76. The number of phenolic OH excluding ortho intramolecular Hbond substituents is 1. The molecular formula is C21H21IN2O3. The van der Waals surface area contributed by atoms with Gasteiger partial charge in [0.1, 0.15) is 5.75 Å². The van der Waals surface area contributed by atoms with Gasteiger partial charge in [0.05, 0.1) is 5.57 Å². The Morgan fingerprint density at radius 1 is 1.11 bits per heavy atom. The Hall–Kier alpha value is -2.35.